The lowest BCUT2D eigenvalue weighted by Crippen LogP contribution is -2.65. The summed E-state index contributed by atoms with van der Waals surface area (Å²) in [6, 6.07) is -2.22. The molecule has 0 aliphatic carbocycles. The maximum absolute atomic E-state index is 11.9. The first-order valence-corrected chi connectivity index (χ1v) is 8.86. The van der Waals surface area contributed by atoms with Crippen molar-refractivity contribution < 1.29 is 43.9 Å². The van der Waals surface area contributed by atoms with Crippen LogP contribution in [0.5, 0.6) is 0 Å². The van der Waals surface area contributed by atoms with E-state index in [1.54, 1.807) is 20.8 Å². The predicted molar refractivity (Wildman–Crippen MR) is 95.2 cm³/mol. The van der Waals surface area contributed by atoms with E-state index in [0.29, 0.717) is 0 Å². The highest BCUT2D eigenvalue weighted by atomic mass is 16.7. The maximum Gasteiger partial charge on any atom is 0.408 e. The van der Waals surface area contributed by atoms with Crippen LogP contribution in [-0.2, 0) is 23.8 Å². The molecule has 0 radical (unpaired) electrons. The van der Waals surface area contributed by atoms with E-state index in [1.165, 1.54) is 13.8 Å². The van der Waals surface area contributed by atoms with Gasteiger partial charge in [-0.05, 0) is 27.7 Å². The van der Waals surface area contributed by atoms with Crippen LogP contribution in [-0.4, -0.2) is 88.6 Å². The summed E-state index contributed by atoms with van der Waals surface area (Å²) < 4.78 is 16.0. The van der Waals surface area contributed by atoms with Crippen LogP contribution in [0, 0.1) is 0 Å². The van der Waals surface area contributed by atoms with E-state index in [9.17, 15) is 29.7 Å². The Morgan fingerprint density at radius 3 is 2.21 bits per heavy atom. The van der Waals surface area contributed by atoms with Gasteiger partial charge in [-0.15, -0.1) is 0 Å². The molecule has 11 heteroatoms. The van der Waals surface area contributed by atoms with Gasteiger partial charge in [0, 0.05) is 6.92 Å². The summed E-state index contributed by atoms with van der Waals surface area (Å²) in [4.78, 5) is 35.1. The minimum atomic E-state index is -1.48. The number of ketones is 1. The largest absolute Gasteiger partial charge is 0.444 e. The van der Waals surface area contributed by atoms with Gasteiger partial charge in [0.15, 0.2) is 12.1 Å². The first kappa shape index (κ1) is 24.2. The van der Waals surface area contributed by atoms with Gasteiger partial charge in [0.05, 0.1) is 13.2 Å². The van der Waals surface area contributed by atoms with E-state index in [-0.39, 0.29) is 6.61 Å². The van der Waals surface area contributed by atoms with E-state index in [4.69, 9.17) is 14.2 Å². The Kier molecular flexibility index (Phi) is 8.76. The summed E-state index contributed by atoms with van der Waals surface area (Å²) in [5.74, 6) is -0.928. The van der Waals surface area contributed by atoms with Crippen molar-refractivity contribution in [3.8, 4) is 0 Å². The van der Waals surface area contributed by atoms with Gasteiger partial charge in [0.2, 0.25) is 5.91 Å². The van der Waals surface area contributed by atoms with Crippen molar-refractivity contribution in [3.63, 3.8) is 0 Å². The monoisotopic (exact) mass is 406 g/mol. The number of nitrogens with one attached hydrogen (secondary N) is 2. The Bertz CT molecular complexity index is 563. The van der Waals surface area contributed by atoms with Crippen LogP contribution in [0.1, 0.15) is 34.6 Å². The standard InChI is InChI=1S/C17H30N2O9/c1-8(21)10(19-16(25)28-17(3,4)5)7-26-15-12(18-9(2)22)14(24)13(23)11(6-20)27-15/h10-15,20,23-24H,6-7H2,1-5H3,(H,18,22)(H,19,25)/t10-,11?,12?,13?,14?,15?/m0/s1. The molecule has 28 heavy (non-hydrogen) atoms. The van der Waals surface area contributed by atoms with Crippen molar-refractivity contribution in [1.82, 2.24) is 10.6 Å². The lowest BCUT2D eigenvalue weighted by atomic mass is 9.97. The van der Waals surface area contributed by atoms with Gasteiger partial charge in [-0.1, -0.05) is 0 Å². The highest BCUT2D eigenvalue weighted by molar-refractivity contribution is 5.85. The highest BCUT2D eigenvalue weighted by Crippen LogP contribution is 2.22. The molecule has 11 nitrogen and oxygen atoms in total. The van der Waals surface area contributed by atoms with Crippen molar-refractivity contribution in [1.29, 1.82) is 0 Å². The minimum Gasteiger partial charge on any atom is -0.444 e. The van der Waals surface area contributed by atoms with Crippen LogP contribution >= 0.6 is 0 Å². The van der Waals surface area contributed by atoms with Crippen LogP contribution in [0.25, 0.3) is 0 Å². The summed E-state index contributed by atoms with van der Waals surface area (Å²) >= 11 is 0. The Hall–Kier alpha value is -1.79. The van der Waals surface area contributed by atoms with Gasteiger partial charge in [-0.2, -0.15) is 0 Å². The zero-order valence-corrected chi connectivity index (χ0v) is 16.7. The van der Waals surface area contributed by atoms with E-state index in [1.807, 2.05) is 0 Å². The first-order chi connectivity index (χ1) is 12.9. The van der Waals surface area contributed by atoms with E-state index in [2.05, 4.69) is 10.6 Å². The quantitative estimate of drug-likeness (QED) is 0.336. The second-order valence-corrected chi connectivity index (χ2v) is 7.58. The van der Waals surface area contributed by atoms with Gasteiger partial charge < -0.3 is 40.2 Å². The van der Waals surface area contributed by atoms with Crippen LogP contribution in [0.15, 0.2) is 0 Å². The Balaban J connectivity index is 2.82. The molecule has 1 aliphatic heterocycles. The lowest BCUT2D eigenvalue weighted by Gasteiger charge is -2.42. The van der Waals surface area contributed by atoms with Crippen molar-refractivity contribution in [2.75, 3.05) is 13.2 Å². The second-order valence-electron chi connectivity index (χ2n) is 7.58. The minimum absolute atomic E-state index is 0.351. The predicted octanol–water partition coefficient (Wildman–Crippen LogP) is -1.57. The molecular formula is C17H30N2O9. The summed E-state index contributed by atoms with van der Waals surface area (Å²) in [7, 11) is 0. The number of hydrogen-bond acceptors (Lipinski definition) is 9. The number of hydrogen-bond donors (Lipinski definition) is 5. The average Bonchev–Trinajstić information content (AvgIpc) is 2.54. The number of carbonyl (C=O) groups excluding carboxylic acids is 3. The van der Waals surface area contributed by atoms with Gasteiger partial charge in [-0.25, -0.2) is 4.79 Å². The van der Waals surface area contributed by atoms with Crippen molar-refractivity contribution >= 4 is 17.8 Å². The molecule has 0 saturated carbocycles. The molecule has 1 heterocycles. The summed E-state index contributed by atoms with van der Waals surface area (Å²) in [5, 5.41) is 34.2. The third-order valence-corrected chi connectivity index (χ3v) is 3.86. The zero-order valence-electron chi connectivity index (χ0n) is 16.7. The van der Waals surface area contributed by atoms with Gasteiger partial charge >= 0.3 is 6.09 Å². The molecule has 1 aliphatic rings. The molecule has 1 saturated heterocycles. The third kappa shape index (κ3) is 7.32. The SMILES string of the molecule is CC(=O)NC1C(OC[C@H](NC(=O)OC(C)(C)C)C(C)=O)OC(CO)C(O)C1O. The zero-order chi connectivity index (χ0) is 21.6. The van der Waals surface area contributed by atoms with Crippen LogP contribution in [0.2, 0.25) is 0 Å². The number of rotatable bonds is 7. The first-order valence-electron chi connectivity index (χ1n) is 8.86. The highest BCUT2D eigenvalue weighted by Gasteiger charge is 2.45. The van der Waals surface area contributed by atoms with Crippen LogP contribution in [0.4, 0.5) is 4.79 Å². The number of amides is 2. The van der Waals surface area contributed by atoms with Crippen LogP contribution < -0.4 is 10.6 Å². The summed E-state index contributed by atoms with van der Waals surface area (Å²) in [6.07, 6.45) is -6.18. The lowest BCUT2D eigenvalue weighted by molar-refractivity contribution is -0.270. The molecule has 162 valence electrons. The molecule has 1 rings (SSSR count). The van der Waals surface area contributed by atoms with Crippen molar-refractivity contribution in [3.05, 3.63) is 0 Å². The summed E-state index contributed by atoms with van der Waals surface area (Å²) in [5.41, 5.74) is -0.760. The molecule has 5 unspecified atom stereocenters. The molecule has 0 spiro atoms. The Morgan fingerprint density at radius 1 is 1.14 bits per heavy atom. The molecular weight excluding hydrogens is 376 g/mol. The van der Waals surface area contributed by atoms with E-state index in [0.717, 1.165) is 0 Å². The van der Waals surface area contributed by atoms with Crippen molar-refractivity contribution in [2.45, 2.75) is 76.9 Å². The summed E-state index contributed by atoms with van der Waals surface area (Å²) in [6.45, 7) is 6.50. The average molecular weight is 406 g/mol. The smallest absolute Gasteiger partial charge is 0.408 e. The molecule has 0 aromatic heterocycles. The molecule has 0 bridgehead atoms. The van der Waals surface area contributed by atoms with Crippen LogP contribution in [0.3, 0.4) is 0 Å². The fraction of sp³-hybridized carbons (Fsp3) is 0.824. The molecule has 6 atom stereocenters. The number of Topliss-reactive ketones (excluding diaryl/α,β-unsaturated/α-hetero) is 1. The normalized spacial score (nSPS) is 28.9. The number of ether oxygens (including phenoxy) is 3. The number of aliphatic hydroxyl groups excluding tert-OH is 3. The van der Waals surface area contributed by atoms with E-state index < -0.39 is 66.7 Å². The van der Waals surface area contributed by atoms with Crippen molar-refractivity contribution in [2.24, 2.45) is 0 Å². The van der Waals surface area contributed by atoms with Gasteiger partial charge in [0.1, 0.15) is 36.0 Å². The number of aliphatic hydroxyl groups is 3. The molecule has 0 aromatic rings. The number of alkyl carbamates (subject to hydrolysis) is 1. The molecule has 0 aromatic carbocycles. The Labute approximate surface area is 163 Å². The molecule has 1 fully saturated rings. The third-order valence-electron chi connectivity index (χ3n) is 3.86. The molecule has 5 N–H and O–H groups in total. The second kappa shape index (κ2) is 10.1. The van der Waals surface area contributed by atoms with E-state index >= 15 is 0 Å². The number of carbonyl (C=O) groups is 3. The Morgan fingerprint density at radius 2 is 1.75 bits per heavy atom. The van der Waals surface area contributed by atoms with Gasteiger partial charge in [-0.3, -0.25) is 9.59 Å². The topological polar surface area (TPSA) is 164 Å². The molecule has 2 amide bonds. The maximum atomic E-state index is 11.9. The van der Waals surface area contributed by atoms with Gasteiger partial charge in [0.25, 0.3) is 0 Å². The fourth-order valence-corrected chi connectivity index (χ4v) is 2.51. The fourth-order valence-electron chi connectivity index (χ4n) is 2.51.